The van der Waals surface area contributed by atoms with Crippen molar-refractivity contribution in [3.8, 4) is 0 Å². The van der Waals surface area contributed by atoms with Gasteiger partial charge in [0.05, 0.1) is 5.69 Å². The van der Waals surface area contributed by atoms with Gasteiger partial charge in [0.1, 0.15) is 11.3 Å². The number of rotatable bonds is 4. The van der Waals surface area contributed by atoms with Gasteiger partial charge in [0.25, 0.3) is 0 Å². The molecule has 0 aliphatic carbocycles. The first kappa shape index (κ1) is 15.0. The van der Waals surface area contributed by atoms with Crippen molar-refractivity contribution in [1.29, 1.82) is 0 Å². The minimum Gasteiger partial charge on any atom is -0.423 e. The summed E-state index contributed by atoms with van der Waals surface area (Å²) in [5.41, 5.74) is 0.984. The average molecular weight is 285 g/mol. The summed E-state index contributed by atoms with van der Waals surface area (Å²) in [6.45, 7) is 5.09. The van der Waals surface area contributed by atoms with Crippen LogP contribution in [0.3, 0.4) is 0 Å². The molecule has 7 heteroatoms. The fraction of sp³-hybridized carbons (Fsp3) is 0.0714. The van der Waals surface area contributed by atoms with Crippen LogP contribution in [-0.2, 0) is 0 Å². The second kappa shape index (κ2) is 6.38. The van der Waals surface area contributed by atoms with Crippen molar-refractivity contribution in [2.75, 3.05) is 0 Å². The van der Waals surface area contributed by atoms with Crippen LogP contribution in [0.1, 0.15) is 12.6 Å². The molecule has 21 heavy (non-hydrogen) atoms. The van der Waals surface area contributed by atoms with E-state index in [4.69, 9.17) is 0 Å². The molecule has 2 rings (SSSR count). The lowest BCUT2D eigenvalue weighted by Crippen LogP contribution is -2.32. The SMILES string of the molecule is C=C/C=C(\C(F)=C/C)c1cc(B(O)O)c2nccnc2n1. The van der Waals surface area contributed by atoms with E-state index >= 15 is 0 Å². The zero-order chi connectivity index (χ0) is 15.4. The van der Waals surface area contributed by atoms with E-state index in [0.717, 1.165) is 0 Å². The molecule has 0 unspecified atom stereocenters. The van der Waals surface area contributed by atoms with Gasteiger partial charge in [0.15, 0.2) is 5.65 Å². The maximum absolute atomic E-state index is 13.9. The summed E-state index contributed by atoms with van der Waals surface area (Å²) >= 11 is 0. The Bertz CT molecular complexity index is 744. The highest BCUT2D eigenvalue weighted by Gasteiger charge is 2.20. The van der Waals surface area contributed by atoms with Crippen molar-refractivity contribution in [3.05, 3.63) is 54.8 Å². The van der Waals surface area contributed by atoms with Crippen LogP contribution in [0.15, 0.2) is 49.1 Å². The fourth-order valence-electron chi connectivity index (χ4n) is 1.87. The number of halogens is 1. The van der Waals surface area contributed by atoms with E-state index in [0.29, 0.717) is 0 Å². The first-order valence-electron chi connectivity index (χ1n) is 6.21. The lowest BCUT2D eigenvalue weighted by Gasteiger charge is -2.09. The molecule has 0 saturated carbocycles. The molecule has 2 aromatic rings. The number of hydrogen-bond acceptors (Lipinski definition) is 5. The molecule has 5 nitrogen and oxygen atoms in total. The van der Waals surface area contributed by atoms with E-state index in [1.165, 1.54) is 36.7 Å². The number of hydrogen-bond donors (Lipinski definition) is 2. The van der Waals surface area contributed by atoms with Crippen LogP contribution in [0.2, 0.25) is 0 Å². The molecule has 0 bridgehead atoms. The second-order valence-electron chi connectivity index (χ2n) is 4.15. The zero-order valence-corrected chi connectivity index (χ0v) is 11.4. The highest BCUT2D eigenvalue weighted by atomic mass is 19.1. The van der Waals surface area contributed by atoms with Crippen LogP contribution in [0, 0.1) is 0 Å². The number of allylic oxidation sites excluding steroid dienone is 5. The Kier molecular flexibility index (Phi) is 4.57. The third kappa shape index (κ3) is 3.04. The molecule has 0 amide bonds. The van der Waals surface area contributed by atoms with Crippen LogP contribution < -0.4 is 5.46 Å². The molecule has 2 aromatic heterocycles. The van der Waals surface area contributed by atoms with Gasteiger partial charge in [-0.2, -0.15) is 0 Å². The minimum atomic E-state index is -1.76. The van der Waals surface area contributed by atoms with Crippen molar-refractivity contribution in [2.24, 2.45) is 0 Å². The topological polar surface area (TPSA) is 79.1 Å². The lowest BCUT2D eigenvalue weighted by atomic mass is 9.79. The van der Waals surface area contributed by atoms with Crippen molar-refractivity contribution in [2.45, 2.75) is 6.92 Å². The van der Waals surface area contributed by atoms with E-state index < -0.39 is 12.9 Å². The molecular weight excluding hydrogens is 272 g/mol. The molecule has 0 fully saturated rings. The monoisotopic (exact) mass is 285 g/mol. The van der Waals surface area contributed by atoms with Gasteiger partial charge in [0, 0.05) is 23.4 Å². The molecule has 0 radical (unpaired) electrons. The van der Waals surface area contributed by atoms with E-state index in [-0.39, 0.29) is 27.9 Å². The van der Waals surface area contributed by atoms with Crippen molar-refractivity contribution in [1.82, 2.24) is 15.0 Å². The molecule has 2 N–H and O–H groups in total. The number of aromatic nitrogens is 3. The van der Waals surface area contributed by atoms with E-state index in [1.807, 2.05) is 0 Å². The highest BCUT2D eigenvalue weighted by molar-refractivity contribution is 6.61. The van der Waals surface area contributed by atoms with Gasteiger partial charge in [-0.05, 0) is 13.0 Å². The predicted octanol–water partition coefficient (Wildman–Crippen LogP) is 1.15. The molecular formula is C14H13BFN3O2. The molecule has 0 saturated heterocycles. The van der Waals surface area contributed by atoms with Crippen LogP contribution in [0.4, 0.5) is 4.39 Å². The molecule has 0 spiro atoms. The summed E-state index contributed by atoms with van der Waals surface area (Å²) < 4.78 is 13.9. The standard InChI is InChI=1S/C14H13BFN3O2/c1-3-5-9(11(16)4-2)12-8-10(15(20)21)13-14(19-12)18-7-6-17-13/h3-8,20-21H,1H2,2H3/b9-5+,11-4+. The molecule has 0 aliphatic rings. The van der Waals surface area contributed by atoms with Crippen molar-refractivity contribution < 1.29 is 14.4 Å². The van der Waals surface area contributed by atoms with Gasteiger partial charge >= 0.3 is 7.12 Å². The molecule has 0 aromatic carbocycles. The smallest absolute Gasteiger partial charge is 0.423 e. The summed E-state index contributed by atoms with van der Waals surface area (Å²) in [4.78, 5) is 12.3. The summed E-state index contributed by atoms with van der Waals surface area (Å²) in [5.74, 6) is -0.496. The first-order chi connectivity index (χ1) is 10.1. The van der Waals surface area contributed by atoms with Crippen LogP contribution in [0.25, 0.3) is 16.7 Å². The Hall–Kier alpha value is -2.38. The summed E-state index contributed by atoms with van der Waals surface area (Å²) in [6, 6.07) is 1.38. The Morgan fingerprint density at radius 1 is 1.33 bits per heavy atom. The van der Waals surface area contributed by atoms with E-state index in [9.17, 15) is 14.4 Å². The predicted molar refractivity (Wildman–Crippen MR) is 80.2 cm³/mol. The number of pyridine rings is 1. The largest absolute Gasteiger partial charge is 0.490 e. The van der Waals surface area contributed by atoms with Gasteiger partial charge in [-0.25, -0.2) is 14.4 Å². The van der Waals surface area contributed by atoms with Crippen molar-refractivity contribution in [3.63, 3.8) is 0 Å². The summed E-state index contributed by atoms with van der Waals surface area (Å²) in [6.07, 6.45) is 7.01. The quantitative estimate of drug-likeness (QED) is 0.650. The van der Waals surface area contributed by atoms with Gasteiger partial charge in [0.2, 0.25) is 0 Å². The zero-order valence-electron chi connectivity index (χ0n) is 11.4. The van der Waals surface area contributed by atoms with Crippen LogP contribution in [-0.4, -0.2) is 32.1 Å². The van der Waals surface area contributed by atoms with Gasteiger partial charge in [-0.15, -0.1) is 0 Å². The third-order valence-corrected chi connectivity index (χ3v) is 2.82. The van der Waals surface area contributed by atoms with Gasteiger partial charge in [-0.1, -0.05) is 24.8 Å². The van der Waals surface area contributed by atoms with E-state index in [2.05, 4.69) is 21.5 Å². The Morgan fingerprint density at radius 3 is 2.67 bits per heavy atom. The van der Waals surface area contributed by atoms with Crippen LogP contribution >= 0.6 is 0 Å². The Balaban J connectivity index is 2.75. The third-order valence-electron chi connectivity index (χ3n) is 2.82. The lowest BCUT2D eigenvalue weighted by molar-refractivity contribution is 0.426. The highest BCUT2D eigenvalue weighted by Crippen LogP contribution is 2.23. The summed E-state index contributed by atoms with van der Waals surface area (Å²) in [5, 5.41) is 18.9. The Labute approximate surface area is 121 Å². The van der Waals surface area contributed by atoms with Gasteiger partial charge < -0.3 is 10.0 Å². The maximum atomic E-state index is 13.9. The number of nitrogens with zero attached hydrogens (tertiary/aromatic N) is 3. The normalized spacial score (nSPS) is 12.6. The molecule has 106 valence electrons. The average Bonchev–Trinajstić information content (AvgIpc) is 2.50. The maximum Gasteiger partial charge on any atom is 0.490 e. The Morgan fingerprint density at radius 2 is 2.05 bits per heavy atom. The number of fused-ring (bicyclic) bond motifs is 1. The molecule has 0 aliphatic heterocycles. The molecule has 2 heterocycles. The summed E-state index contributed by atoms with van der Waals surface area (Å²) in [7, 11) is -1.76. The molecule has 0 atom stereocenters. The second-order valence-corrected chi connectivity index (χ2v) is 4.15. The minimum absolute atomic E-state index is 0.113. The van der Waals surface area contributed by atoms with Gasteiger partial charge in [-0.3, -0.25) is 4.98 Å². The first-order valence-corrected chi connectivity index (χ1v) is 6.21. The van der Waals surface area contributed by atoms with Crippen molar-refractivity contribution >= 4 is 29.3 Å². The van der Waals surface area contributed by atoms with Crippen LogP contribution in [0.5, 0.6) is 0 Å². The van der Waals surface area contributed by atoms with E-state index in [1.54, 1.807) is 6.92 Å². The fourth-order valence-corrected chi connectivity index (χ4v) is 1.87.